The number of aryl methyl sites for hydroxylation is 1. The van der Waals surface area contributed by atoms with Crippen LogP contribution in [0.2, 0.25) is 0 Å². The summed E-state index contributed by atoms with van der Waals surface area (Å²) in [6, 6.07) is 3.73. The number of rotatable bonds is 7. The van der Waals surface area contributed by atoms with Crippen LogP contribution in [0.15, 0.2) is 47.9 Å². The van der Waals surface area contributed by atoms with Crippen LogP contribution < -0.4 is 16.4 Å². The van der Waals surface area contributed by atoms with E-state index in [0.29, 0.717) is 23.1 Å². The zero-order chi connectivity index (χ0) is 16.8. The van der Waals surface area contributed by atoms with Crippen molar-refractivity contribution in [3.05, 3.63) is 47.9 Å². The fourth-order valence-electron chi connectivity index (χ4n) is 2.09. The smallest absolute Gasteiger partial charge is 0.160 e. The quantitative estimate of drug-likeness (QED) is 0.534. The average molecular weight is 389 g/mol. The number of nitrogens with one attached hydrogen (secondary N) is 2. The maximum absolute atomic E-state index is 6.14. The third-order valence-corrected chi connectivity index (χ3v) is 3.77. The maximum Gasteiger partial charge on any atom is 0.160 e. The molecular weight excluding hydrogens is 372 g/mol. The summed E-state index contributed by atoms with van der Waals surface area (Å²) >= 11 is 3.35. The highest BCUT2D eigenvalue weighted by atomic mass is 79.9. The highest BCUT2D eigenvalue weighted by Gasteiger charge is 2.08. The molecule has 0 fully saturated rings. The summed E-state index contributed by atoms with van der Waals surface area (Å²) in [5.74, 6) is 1.79. The van der Waals surface area contributed by atoms with Crippen molar-refractivity contribution in [3.8, 4) is 0 Å². The predicted octanol–water partition coefficient (Wildman–Crippen LogP) is 2.66. The van der Waals surface area contributed by atoms with Gasteiger partial charge in [-0.25, -0.2) is 19.9 Å². The van der Waals surface area contributed by atoms with Crippen molar-refractivity contribution in [1.82, 2.24) is 24.5 Å². The highest BCUT2D eigenvalue weighted by molar-refractivity contribution is 9.10. The molecule has 0 saturated heterocycles. The molecule has 0 aromatic carbocycles. The minimum absolute atomic E-state index is 0.463. The molecule has 3 aromatic heterocycles. The van der Waals surface area contributed by atoms with Crippen LogP contribution in [0, 0.1) is 0 Å². The number of pyridine rings is 1. The molecule has 0 atom stereocenters. The van der Waals surface area contributed by atoms with Gasteiger partial charge in [-0.3, -0.25) is 0 Å². The predicted molar refractivity (Wildman–Crippen MR) is 97.0 cm³/mol. The Kier molecular flexibility index (Phi) is 5.22. The van der Waals surface area contributed by atoms with Gasteiger partial charge in [0.25, 0.3) is 0 Å². The molecule has 0 unspecified atom stereocenters. The second-order valence-corrected chi connectivity index (χ2v) is 5.97. The molecule has 0 aliphatic rings. The van der Waals surface area contributed by atoms with Crippen LogP contribution in [-0.2, 0) is 6.54 Å². The first-order chi connectivity index (χ1) is 11.7. The van der Waals surface area contributed by atoms with Crippen molar-refractivity contribution in [2.75, 3.05) is 22.9 Å². The number of nitrogens with zero attached hydrogens (tertiary/aromatic N) is 5. The topological polar surface area (TPSA) is 107 Å². The molecule has 0 amide bonds. The van der Waals surface area contributed by atoms with Gasteiger partial charge < -0.3 is 20.9 Å². The molecule has 24 heavy (non-hydrogen) atoms. The third kappa shape index (κ3) is 4.19. The summed E-state index contributed by atoms with van der Waals surface area (Å²) in [4.78, 5) is 16.6. The van der Waals surface area contributed by atoms with Crippen molar-refractivity contribution >= 4 is 39.1 Å². The van der Waals surface area contributed by atoms with E-state index in [2.05, 4.69) is 46.5 Å². The normalized spacial score (nSPS) is 10.5. The van der Waals surface area contributed by atoms with E-state index in [1.807, 2.05) is 22.9 Å². The van der Waals surface area contributed by atoms with Crippen LogP contribution in [0.5, 0.6) is 0 Å². The van der Waals surface area contributed by atoms with E-state index in [0.717, 1.165) is 24.0 Å². The number of nitrogen functional groups attached to an aromatic ring is 1. The van der Waals surface area contributed by atoms with E-state index in [9.17, 15) is 0 Å². The van der Waals surface area contributed by atoms with Crippen LogP contribution in [0.3, 0.4) is 0 Å². The second kappa shape index (κ2) is 7.73. The van der Waals surface area contributed by atoms with Crippen LogP contribution in [0.25, 0.3) is 0 Å². The summed E-state index contributed by atoms with van der Waals surface area (Å²) in [5.41, 5.74) is 6.60. The van der Waals surface area contributed by atoms with Crippen LogP contribution >= 0.6 is 15.9 Å². The number of hydrogen-bond acceptors (Lipinski definition) is 7. The molecule has 0 saturated carbocycles. The van der Waals surface area contributed by atoms with Crippen molar-refractivity contribution in [2.24, 2.45) is 0 Å². The molecule has 0 radical (unpaired) electrons. The average Bonchev–Trinajstić information content (AvgIpc) is 3.10. The Hall–Kier alpha value is -2.68. The van der Waals surface area contributed by atoms with Gasteiger partial charge in [-0.15, -0.1) is 0 Å². The van der Waals surface area contributed by atoms with E-state index in [1.54, 1.807) is 18.7 Å². The first-order valence-corrected chi connectivity index (χ1v) is 8.20. The number of anilines is 4. The van der Waals surface area contributed by atoms with Crippen molar-refractivity contribution in [1.29, 1.82) is 0 Å². The van der Waals surface area contributed by atoms with Gasteiger partial charge in [0.15, 0.2) is 11.6 Å². The molecule has 3 rings (SSSR count). The lowest BCUT2D eigenvalue weighted by atomic mass is 10.3. The Morgan fingerprint density at radius 3 is 2.79 bits per heavy atom. The monoisotopic (exact) mass is 388 g/mol. The molecule has 4 N–H and O–H groups in total. The lowest BCUT2D eigenvalue weighted by molar-refractivity contribution is 0.660. The van der Waals surface area contributed by atoms with Crippen molar-refractivity contribution in [3.63, 3.8) is 0 Å². The fraction of sp³-hybridized carbons (Fsp3) is 0.200. The van der Waals surface area contributed by atoms with E-state index in [-0.39, 0.29) is 0 Å². The third-order valence-electron chi connectivity index (χ3n) is 3.30. The lowest BCUT2D eigenvalue weighted by Gasteiger charge is -2.12. The molecular formula is C15H17BrN8. The van der Waals surface area contributed by atoms with E-state index in [4.69, 9.17) is 5.73 Å². The van der Waals surface area contributed by atoms with E-state index >= 15 is 0 Å². The molecule has 0 bridgehead atoms. The number of imidazole rings is 1. The minimum atomic E-state index is 0.463. The van der Waals surface area contributed by atoms with Gasteiger partial charge in [0.1, 0.15) is 17.8 Å². The SMILES string of the molecule is Nc1c(NCCCn2ccnc2)ncnc1Nc1ccc(Br)cn1. The summed E-state index contributed by atoms with van der Waals surface area (Å²) in [6.45, 7) is 1.63. The van der Waals surface area contributed by atoms with Gasteiger partial charge in [0.05, 0.1) is 6.33 Å². The van der Waals surface area contributed by atoms with Crippen LogP contribution in [0.1, 0.15) is 6.42 Å². The standard InChI is InChI=1S/C15H17BrN8/c16-11-2-3-12(20-8-11)23-15-13(17)14(21-9-22-15)19-4-1-6-24-7-5-18-10-24/h2-3,5,7-10H,1,4,6,17H2,(H2,19,20,21,22,23). The van der Waals surface area contributed by atoms with Gasteiger partial charge in [0.2, 0.25) is 0 Å². The molecule has 0 aliphatic heterocycles. The Labute approximate surface area is 147 Å². The Morgan fingerprint density at radius 1 is 1.17 bits per heavy atom. The lowest BCUT2D eigenvalue weighted by Crippen LogP contribution is -2.11. The highest BCUT2D eigenvalue weighted by Crippen LogP contribution is 2.25. The van der Waals surface area contributed by atoms with Gasteiger partial charge >= 0.3 is 0 Å². The molecule has 8 nitrogen and oxygen atoms in total. The molecule has 9 heteroatoms. The van der Waals surface area contributed by atoms with Gasteiger partial charge in [-0.2, -0.15) is 0 Å². The van der Waals surface area contributed by atoms with Gasteiger partial charge in [-0.1, -0.05) is 0 Å². The largest absolute Gasteiger partial charge is 0.393 e. The van der Waals surface area contributed by atoms with Crippen molar-refractivity contribution in [2.45, 2.75) is 13.0 Å². The first-order valence-electron chi connectivity index (χ1n) is 7.41. The van der Waals surface area contributed by atoms with Gasteiger partial charge in [-0.05, 0) is 34.5 Å². The summed E-state index contributed by atoms with van der Waals surface area (Å²) in [7, 11) is 0. The van der Waals surface area contributed by atoms with E-state index in [1.165, 1.54) is 6.33 Å². The number of aromatic nitrogens is 5. The molecule has 0 aliphatic carbocycles. The Morgan fingerprint density at radius 2 is 2.04 bits per heavy atom. The number of hydrogen-bond donors (Lipinski definition) is 3. The number of nitrogens with two attached hydrogens (primary N) is 1. The van der Waals surface area contributed by atoms with Crippen LogP contribution in [0.4, 0.5) is 23.1 Å². The fourth-order valence-corrected chi connectivity index (χ4v) is 2.33. The molecule has 3 aromatic rings. The molecule has 3 heterocycles. The van der Waals surface area contributed by atoms with Gasteiger partial charge in [0, 0.05) is 36.2 Å². The zero-order valence-corrected chi connectivity index (χ0v) is 14.4. The van der Waals surface area contributed by atoms with Crippen LogP contribution in [-0.4, -0.2) is 31.0 Å². The summed E-state index contributed by atoms with van der Waals surface area (Å²) < 4.78 is 2.93. The second-order valence-electron chi connectivity index (χ2n) is 5.05. The Bertz CT molecular complexity index is 773. The summed E-state index contributed by atoms with van der Waals surface area (Å²) in [5, 5.41) is 6.33. The summed E-state index contributed by atoms with van der Waals surface area (Å²) in [6.07, 6.45) is 9.60. The van der Waals surface area contributed by atoms with E-state index < -0.39 is 0 Å². The minimum Gasteiger partial charge on any atom is -0.393 e. The molecule has 0 spiro atoms. The maximum atomic E-state index is 6.14. The van der Waals surface area contributed by atoms with Crippen molar-refractivity contribution < 1.29 is 0 Å². The Balaban J connectivity index is 1.59. The number of halogens is 1. The first kappa shape index (κ1) is 16.2. The zero-order valence-electron chi connectivity index (χ0n) is 12.9. The molecule has 124 valence electrons.